The molecular formula is C19H36N4O6S. The first-order valence-corrected chi connectivity index (χ1v) is 11.3. The summed E-state index contributed by atoms with van der Waals surface area (Å²) in [5, 5.41) is 26.6. The van der Waals surface area contributed by atoms with Gasteiger partial charge in [0.2, 0.25) is 17.7 Å². The molecule has 0 fully saturated rings. The summed E-state index contributed by atoms with van der Waals surface area (Å²) in [5.41, 5.74) is 5.84. The fraction of sp³-hybridized carbons (Fsp3) is 0.789. The number of aliphatic hydroxyl groups excluding tert-OH is 1. The van der Waals surface area contributed by atoms with Gasteiger partial charge in [0.1, 0.15) is 18.1 Å². The third kappa shape index (κ3) is 9.31. The number of nitrogens with one attached hydrogen (secondary N) is 3. The fourth-order valence-corrected chi connectivity index (χ4v) is 2.96. The van der Waals surface area contributed by atoms with Gasteiger partial charge < -0.3 is 31.9 Å². The van der Waals surface area contributed by atoms with Gasteiger partial charge >= 0.3 is 5.97 Å². The highest BCUT2D eigenvalue weighted by atomic mass is 32.2. The summed E-state index contributed by atoms with van der Waals surface area (Å²) >= 11 is 1.48. The Bertz CT molecular complexity index is 600. The number of amides is 3. The average molecular weight is 449 g/mol. The number of carboxylic acids is 1. The number of aliphatic carboxylic acids is 1. The number of carbonyl (C=O) groups is 4. The van der Waals surface area contributed by atoms with Gasteiger partial charge in [-0.1, -0.05) is 27.7 Å². The highest BCUT2D eigenvalue weighted by Gasteiger charge is 2.33. The molecule has 0 aliphatic rings. The van der Waals surface area contributed by atoms with Crippen molar-refractivity contribution in [2.75, 3.05) is 12.0 Å². The predicted octanol–water partition coefficient (Wildman–Crippen LogP) is -0.701. The quantitative estimate of drug-likeness (QED) is 0.215. The van der Waals surface area contributed by atoms with Crippen LogP contribution >= 0.6 is 11.8 Å². The van der Waals surface area contributed by atoms with Gasteiger partial charge in [0.25, 0.3) is 0 Å². The Morgan fingerprint density at radius 3 is 1.80 bits per heavy atom. The number of hydrogen-bond donors (Lipinski definition) is 6. The van der Waals surface area contributed by atoms with Crippen LogP contribution in [0.5, 0.6) is 0 Å². The van der Waals surface area contributed by atoms with E-state index in [9.17, 15) is 29.4 Å². The van der Waals surface area contributed by atoms with Crippen molar-refractivity contribution in [3.8, 4) is 0 Å². The Balaban J connectivity index is 5.38. The lowest BCUT2D eigenvalue weighted by atomic mass is 10.0. The van der Waals surface area contributed by atoms with E-state index in [0.717, 1.165) is 0 Å². The number of aliphatic hydroxyl groups is 1. The molecule has 30 heavy (non-hydrogen) atoms. The topological polar surface area (TPSA) is 171 Å². The first-order chi connectivity index (χ1) is 13.8. The van der Waals surface area contributed by atoms with Crippen molar-refractivity contribution >= 4 is 35.5 Å². The number of carboxylic acid groups (broad SMARTS) is 1. The lowest BCUT2D eigenvalue weighted by Gasteiger charge is -2.27. The Morgan fingerprint density at radius 1 is 0.867 bits per heavy atom. The van der Waals surface area contributed by atoms with Gasteiger partial charge in [0.05, 0.1) is 12.1 Å². The summed E-state index contributed by atoms with van der Waals surface area (Å²) in [7, 11) is 0. The van der Waals surface area contributed by atoms with Gasteiger partial charge in [0.15, 0.2) is 0 Å². The first-order valence-electron chi connectivity index (χ1n) is 9.89. The molecule has 0 aromatic rings. The van der Waals surface area contributed by atoms with E-state index < -0.39 is 59.9 Å². The van der Waals surface area contributed by atoms with Crippen LogP contribution in [0.1, 0.15) is 41.0 Å². The molecule has 0 aliphatic carbocycles. The summed E-state index contributed by atoms with van der Waals surface area (Å²) < 4.78 is 0. The van der Waals surface area contributed by atoms with Gasteiger partial charge in [-0.15, -0.1) is 0 Å². The van der Waals surface area contributed by atoms with Crippen molar-refractivity contribution in [2.24, 2.45) is 17.6 Å². The van der Waals surface area contributed by atoms with Gasteiger partial charge in [-0.3, -0.25) is 14.4 Å². The van der Waals surface area contributed by atoms with Gasteiger partial charge in [0, 0.05) is 0 Å². The Morgan fingerprint density at radius 2 is 1.40 bits per heavy atom. The molecule has 0 saturated heterocycles. The van der Waals surface area contributed by atoms with Gasteiger partial charge in [-0.2, -0.15) is 11.8 Å². The van der Waals surface area contributed by atoms with Crippen LogP contribution < -0.4 is 21.7 Å². The van der Waals surface area contributed by atoms with Crippen LogP contribution in [0.25, 0.3) is 0 Å². The summed E-state index contributed by atoms with van der Waals surface area (Å²) in [6.45, 7) is 8.12. The zero-order valence-corrected chi connectivity index (χ0v) is 19.3. The van der Waals surface area contributed by atoms with Crippen LogP contribution in [0.4, 0.5) is 0 Å². The molecule has 0 heterocycles. The van der Waals surface area contributed by atoms with Crippen molar-refractivity contribution in [1.82, 2.24) is 16.0 Å². The summed E-state index contributed by atoms with van der Waals surface area (Å²) in [5.74, 6) is -3.16. The van der Waals surface area contributed by atoms with E-state index in [4.69, 9.17) is 5.73 Å². The maximum absolute atomic E-state index is 12.8. The van der Waals surface area contributed by atoms with Crippen molar-refractivity contribution in [3.05, 3.63) is 0 Å². The lowest BCUT2D eigenvalue weighted by Crippen LogP contribution is -2.60. The molecule has 11 heteroatoms. The lowest BCUT2D eigenvalue weighted by molar-refractivity contribution is -0.144. The Labute approximate surface area is 182 Å². The van der Waals surface area contributed by atoms with E-state index in [0.29, 0.717) is 12.2 Å². The molecule has 5 unspecified atom stereocenters. The minimum absolute atomic E-state index is 0.130. The largest absolute Gasteiger partial charge is 0.480 e. The summed E-state index contributed by atoms with van der Waals surface area (Å²) in [6.07, 6.45) is 0.854. The second-order valence-electron chi connectivity index (χ2n) is 7.91. The number of thioether (sulfide) groups is 1. The minimum Gasteiger partial charge on any atom is -0.480 e. The molecule has 0 aromatic heterocycles. The van der Waals surface area contributed by atoms with Crippen LogP contribution in [0.15, 0.2) is 0 Å². The molecule has 0 rings (SSSR count). The van der Waals surface area contributed by atoms with E-state index >= 15 is 0 Å². The Kier molecular flexibility index (Phi) is 12.6. The maximum atomic E-state index is 12.8. The van der Waals surface area contributed by atoms with Crippen LogP contribution in [0.2, 0.25) is 0 Å². The second kappa shape index (κ2) is 13.5. The number of nitrogens with two attached hydrogens (primary N) is 1. The van der Waals surface area contributed by atoms with Crippen LogP contribution in [-0.2, 0) is 19.2 Å². The van der Waals surface area contributed by atoms with Crippen LogP contribution in [0, 0.1) is 11.8 Å². The van der Waals surface area contributed by atoms with E-state index in [-0.39, 0.29) is 5.92 Å². The molecule has 174 valence electrons. The van der Waals surface area contributed by atoms with E-state index in [1.54, 1.807) is 27.7 Å². The average Bonchev–Trinajstić information content (AvgIpc) is 2.64. The molecule has 7 N–H and O–H groups in total. The molecule has 0 aliphatic heterocycles. The summed E-state index contributed by atoms with van der Waals surface area (Å²) in [4.78, 5) is 48.9. The SMILES string of the molecule is CSCCC(NC(=O)C(N)C(C)C)C(=O)NC(C(=O)NC(C(=O)O)C(C)C)C(C)O. The molecule has 3 amide bonds. The van der Waals surface area contributed by atoms with E-state index in [1.807, 2.05) is 6.26 Å². The molecule has 0 radical (unpaired) electrons. The van der Waals surface area contributed by atoms with E-state index in [2.05, 4.69) is 16.0 Å². The standard InChI is InChI=1S/C19H36N4O6S/c1-9(2)13(20)17(26)21-12(7-8-30-6)16(25)23-15(11(5)24)18(27)22-14(10(3)4)19(28)29/h9-15,24H,7-8,20H2,1-6H3,(H,21,26)(H,22,27)(H,23,25)(H,28,29). The third-order valence-corrected chi connectivity index (χ3v) is 5.20. The molecule has 0 spiro atoms. The molecule has 0 bridgehead atoms. The molecule has 0 aromatic carbocycles. The molecular weight excluding hydrogens is 412 g/mol. The normalized spacial score (nSPS) is 16.3. The Hall–Kier alpha value is -1.85. The smallest absolute Gasteiger partial charge is 0.326 e. The molecule has 10 nitrogen and oxygen atoms in total. The number of rotatable bonds is 13. The van der Waals surface area contributed by atoms with Crippen molar-refractivity contribution in [3.63, 3.8) is 0 Å². The predicted molar refractivity (Wildman–Crippen MR) is 116 cm³/mol. The maximum Gasteiger partial charge on any atom is 0.326 e. The third-order valence-electron chi connectivity index (χ3n) is 4.56. The zero-order chi connectivity index (χ0) is 23.6. The van der Waals surface area contributed by atoms with E-state index in [1.165, 1.54) is 18.7 Å². The monoisotopic (exact) mass is 448 g/mol. The highest BCUT2D eigenvalue weighted by Crippen LogP contribution is 2.07. The van der Waals surface area contributed by atoms with Crippen molar-refractivity contribution < 1.29 is 29.4 Å². The first kappa shape index (κ1) is 28.1. The minimum atomic E-state index is -1.38. The van der Waals surface area contributed by atoms with Crippen LogP contribution in [0.3, 0.4) is 0 Å². The molecule has 0 saturated carbocycles. The fourth-order valence-electron chi connectivity index (χ4n) is 2.49. The van der Waals surface area contributed by atoms with Crippen molar-refractivity contribution in [1.29, 1.82) is 0 Å². The summed E-state index contributed by atoms with van der Waals surface area (Å²) in [6, 6.07) is -4.31. The zero-order valence-electron chi connectivity index (χ0n) is 18.5. The van der Waals surface area contributed by atoms with Gasteiger partial charge in [-0.05, 0) is 37.2 Å². The second-order valence-corrected chi connectivity index (χ2v) is 8.89. The van der Waals surface area contributed by atoms with Gasteiger partial charge in [-0.25, -0.2) is 4.79 Å². The van der Waals surface area contributed by atoms with Crippen molar-refractivity contribution in [2.45, 2.75) is 71.3 Å². The highest BCUT2D eigenvalue weighted by molar-refractivity contribution is 7.98. The molecule has 5 atom stereocenters. The number of hydrogen-bond acceptors (Lipinski definition) is 7. The number of carbonyl (C=O) groups excluding carboxylic acids is 3. The van der Waals surface area contributed by atoms with Crippen LogP contribution in [-0.4, -0.2) is 76.2 Å².